The van der Waals surface area contributed by atoms with Gasteiger partial charge in [-0.2, -0.15) is 0 Å². The van der Waals surface area contributed by atoms with Gasteiger partial charge in [-0.05, 0) is 26.3 Å². The third-order valence-electron chi connectivity index (χ3n) is 2.80. The summed E-state index contributed by atoms with van der Waals surface area (Å²) in [6.07, 6.45) is 2.17. The van der Waals surface area contributed by atoms with Gasteiger partial charge in [0.15, 0.2) is 0 Å². The van der Waals surface area contributed by atoms with Gasteiger partial charge < -0.3 is 11.1 Å². The molecule has 1 heterocycles. The number of nitrogens with zero attached hydrogens (tertiary/aromatic N) is 1. The summed E-state index contributed by atoms with van der Waals surface area (Å²) >= 11 is 0. The second kappa shape index (κ2) is 4.58. The summed E-state index contributed by atoms with van der Waals surface area (Å²) < 4.78 is 0. The van der Waals surface area contributed by atoms with E-state index in [0.717, 1.165) is 19.4 Å². The minimum Gasteiger partial charge on any atom is -0.358 e. The van der Waals surface area contributed by atoms with Gasteiger partial charge in [-0.1, -0.05) is 0 Å². The Morgan fingerprint density at radius 1 is 1.69 bits per heavy atom. The lowest BCUT2D eigenvalue weighted by Crippen LogP contribution is -2.52. The van der Waals surface area contributed by atoms with Gasteiger partial charge in [-0.15, -0.1) is 0 Å². The molecule has 1 saturated heterocycles. The number of rotatable bonds is 2. The second-order valence-corrected chi connectivity index (χ2v) is 3.69. The van der Waals surface area contributed by atoms with Gasteiger partial charge in [0.2, 0.25) is 5.91 Å². The van der Waals surface area contributed by atoms with E-state index in [2.05, 4.69) is 17.1 Å². The first-order valence-corrected chi connectivity index (χ1v) is 4.85. The van der Waals surface area contributed by atoms with Crippen molar-refractivity contribution in [2.24, 2.45) is 5.73 Å². The van der Waals surface area contributed by atoms with Crippen LogP contribution in [0.5, 0.6) is 0 Å². The molecule has 2 atom stereocenters. The van der Waals surface area contributed by atoms with Crippen LogP contribution in [0, 0.1) is 0 Å². The summed E-state index contributed by atoms with van der Waals surface area (Å²) in [4.78, 5) is 13.3. The molecule has 0 aliphatic carbocycles. The summed E-state index contributed by atoms with van der Waals surface area (Å²) in [7, 11) is 1.66. The predicted octanol–water partition coefficient (Wildman–Crippen LogP) is -0.456. The SMILES string of the molecule is CNC(=O)CN1CCCC(N)C1C. The zero-order valence-corrected chi connectivity index (χ0v) is 8.42. The van der Waals surface area contributed by atoms with E-state index >= 15 is 0 Å². The molecule has 0 spiro atoms. The quantitative estimate of drug-likeness (QED) is 0.612. The lowest BCUT2D eigenvalue weighted by atomic mass is 9.98. The van der Waals surface area contributed by atoms with E-state index in [-0.39, 0.29) is 11.9 Å². The van der Waals surface area contributed by atoms with Crippen LogP contribution in [-0.4, -0.2) is 43.0 Å². The normalized spacial score (nSPS) is 30.1. The van der Waals surface area contributed by atoms with Gasteiger partial charge in [-0.3, -0.25) is 9.69 Å². The Kier molecular flexibility index (Phi) is 3.69. The number of hydrogen-bond donors (Lipinski definition) is 2. The highest BCUT2D eigenvalue weighted by Crippen LogP contribution is 2.14. The Balaban J connectivity index is 2.43. The van der Waals surface area contributed by atoms with Crippen LogP contribution in [-0.2, 0) is 4.79 Å². The molecule has 0 aromatic carbocycles. The number of hydrogen-bond acceptors (Lipinski definition) is 3. The molecule has 0 bridgehead atoms. The Morgan fingerprint density at radius 3 is 3.00 bits per heavy atom. The zero-order chi connectivity index (χ0) is 9.84. The van der Waals surface area contributed by atoms with E-state index < -0.39 is 0 Å². The molecular formula is C9H19N3O. The van der Waals surface area contributed by atoms with Gasteiger partial charge in [0.1, 0.15) is 0 Å². The maximum atomic E-state index is 11.1. The Morgan fingerprint density at radius 2 is 2.38 bits per heavy atom. The molecule has 0 saturated carbocycles. The standard InChI is InChI=1S/C9H19N3O/c1-7-8(10)4-3-5-12(7)6-9(13)11-2/h7-8H,3-6,10H2,1-2H3,(H,11,13). The fraction of sp³-hybridized carbons (Fsp3) is 0.889. The Bertz CT molecular complexity index is 184. The number of piperidine rings is 1. The highest BCUT2D eigenvalue weighted by molar-refractivity contribution is 5.77. The molecule has 13 heavy (non-hydrogen) atoms. The summed E-state index contributed by atoms with van der Waals surface area (Å²) in [6.45, 7) is 3.56. The second-order valence-electron chi connectivity index (χ2n) is 3.69. The summed E-state index contributed by atoms with van der Waals surface area (Å²) in [5.41, 5.74) is 5.91. The molecule has 4 heteroatoms. The van der Waals surface area contributed by atoms with Crippen molar-refractivity contribution in [2.45, 2.75) is 31.8 Å². The fourth-order valence-corrected chi connectivity index (χ4v) is 1.73. The number of likely N-dealkylation sites (tertiary alicyclic amines) is 1. The first kappa shape index (κ1) is 10.5. The highest BCUT2D eigenvalue weighted by Gasteiger charge is 2.25. The van der Waals surface area contributed by atoms with Crippen molar-refractivity contribution in [1.29, 1.82) is 0 Å². The van der Waals surface area contributed by atoms with Crippen molar-refractivity contribution in [2.75, 3.05) is 20.1 Å². The van der Waals surface area contributed by atoms with Crippen LogP contribution < -0.4 is 11.1 Å². The van der Waals surface area contributed by atoms with E-state index in [1.807, 2.05) is 0 Å². The van der Waals surface area contributed by atoms with Crippen molar-refractivity contribution >= 4 is 5.91 Å². The molecule has 3 N–H and O–H groups in total. The zero-order valence-electron chi connectivity index (χ0n) is 8.42. The minimum absolute atomic E-state index is 0.0703. The van der Waals surface area contributed by atoms with Crippen molar-refractivity contribution < 1.29 is 4.79 Å². The van der Waals surface area contributed by atoms with E-state index in [1.54, 1.807) is 7.05 Å². The van der Waals surface area contributed by atoms with Crippen molar-refractivity contribution in [3.05, 3.63) is 0 Å². The number of nitrogens with two attached hydrogens (primary N) is 1. The Hall–Kier alpha value is -0.610. The largest absolute Gasteiger partial charge is 0.358 e. The van der Waals surface area contributed by atoms with Crippen LogP contribution in [0.4, 0.5) is 0 Å². The fourth-order valence-electron chi connectivity index (χ4n) is 1.73. The molecule has 1 fully saturated rings. The van der Waals surface area contributed by atoms with Gasteiger partial charge >= 0.3 is 0 Å². The maximum absolute atomic E-state index is 11.1. The lowest BCUT2D eigenvalue weighted by molar-refractivity contribution is -0.122. The highest BCUT2D eigenvalue weighted by atomic mass is 16.1. The molecule has 1 aliphatic rings. The van der Waals surface area contributed by atoms with Crippen LogP contribution in [0.3, 0.4) is 0 Å². The lowest BCUT2D eigenvalue weighted by Gasteiger charge is -2.36. The average Bonchev–Trinajstić information content (AvgIpc) is 2.13. The van der Waals surface area contributed by atoms with Crippen LogP contribution in [0.25, 0.3) is 0 Å². The summed E-state index contributed by atoms with van der Waals surface area (Å²) in [5, 5.41) is 2.63. The summed E-state index contributed by atoms with van der Waals surface area (Å²) in [5.74, 6) is 0.0703. The molecule has 1 rings (SSSR count). The smallest absolute Gasteiger partial charge is 0.233 e. The number of amides is 1. The molecule has 0 aromatic rings. The van der Waals surface area contributed by atoms with Crippen LogP contribution >= 0.6 is 0 Å². The van der Waals surface area contributed by atoms with E-state index in [0.29, 0.717) is 12.6 Å². The molecule has 0 radical (unpaired) electrons. The molecule has 76 valence electrons. The Labute approximate surface area is 79.5 Å². The molecule has 2 unspecified atom stereocenters. The number of likely N-dealkylation sites (N-methyl/N-ethyl adjacent to an activating group) is 1. The van der Waals surface area contributed by atoms with Crippen LogP contribution in [0.2, 0.25) is 0 Å². The van der Waals surface area contributed by atoms with E-state index in [4.69, 9.17) is 5.73 Å². The first-order chi connectivity index (χ1) is 6.15. The first-order valence-electron chi connectivity index (χ1n) is 4.85. The third kappa shape index (κ3) is 2.67. The van der Waals surface area contributed by atoms with Crippen molar-refractivity contribution in [3.63, 3.8) is 0 Å². The van der Waals surface area contributed by atoms with Crippen LogP contribution in [0.15, 0.2) is 0 Å². The number of nitrogens with one attached hydrogen (secondary N) is 1. The molecule has 1 amide bonds. The minimum atomic E-state index is 0.0703. The molecule has 4 nitrogen and oxygen atoms in total. The predicted molar refractivity (Wildman–Crippen MR) is 52.3 cm³/mol. The molecular weight excluding hydrogens is 166 g/mol. The van der Waals surface area contributed by atoms with E-state index in [9.17, 15) is 4.79 Å². The summed E-state index contributed by atoms with van der Waals surface area (Å²) in [6, 6.07) is 0.546. The number of carbonyl (C=O) groups excluding carboxylic acids is 1. The van der Waals surface area contributed by atoms with Gasteiger partial charge in [0, 0.05) is 19.1 Å². The van der Waals surface area contributed by atoms with Crippen molar-refractivity contribution in [1.82, 2.24) is 10.2 Å². The molecule has 0 aromatic heterocycles. The molecule has 1 aliphatic heterocycles. The average molecular weight is 185 g/mol. The number of carbonyl (C=O) groups is 1. The van der Waals surface area contributed by atoms with Crippen molar-refractivity contribution in [3.8, 4) is 0 Å². The van der Waals surface area contributed by atoms with E-state index in [1.165, 1.54) is 0 Å². The van der Waals surface area contributed by atoms with Gasteiger partial charge in [0.25, 0.3) is 0 Å². The maximum Gasteiger partial charge on any atom is 0.233 e. The van der Waals surface area contributed by atoms with Crippen LogP contribution in [0.1, 0.15) is 19.8 Å². The third-order valence-corrected chi connectivity index (χ3v) is 2.80. The van der Waals surface area contributed by atoms with Gasteiger partial charge in [0.05, 0.1) is 6.54 Å². The van der Waals surface area contributed by atoms with Gasteiger partial charge in [-0.25, -0.2) is 0 Å². The monoisotopic (exact) mass is 185 g/mol. The topological polar surface area (TPSA) is 58.4 Å².